The average molecular weight is 1400 g/mol. The maximum atomic E-state index is 14.1. The number of imide groups is 1. The van der Waals surface area contributed by atoms with Gasteiger partial charge in [-0.3, -0.25) is 33.6 Å². The summed E-state index contributed by atoms with van der Waals surface area (Å²) in [6.07, 6.45) is 14.5. The molecule has 6 aliphatic rings. The van der Waals surface area contributed by atoms with Gasteiger partial charge in [0.2, 0.25) is 17.7 Å². The lowest BCUT2D eigenvalue weighted by atomic mass is 9.35. The quantitative estimate of drug-likeness (QED) is 0.0149. The number of methoxy groups -OCH3 is 1. The van der Waals surface area contributed by atoms with Crippen LogP contribution >= 0.6 is 11.3 Å². The fourth-order valence-corrected chi connectivity index (χ4v) is 18.0. The molecule has 6 aromatic rings. The van der Waals surface area contributed by atoms with Crippen molar-refractivity contribution in [3.63, 3.8) is 0 Å². The number of ether oxygens (including phenoxy) is 3. The second kappa shape index (κ2) is 31.2. The second-order valence-electron chi connectivity index (χ2n) is 29.2. The van der Waals surface area contributed by atoms with Gasteiger partial charge in [-0.15, -0.1) is 10.2 Å². The largest absolute Gasteiger partial charge is 0.476 e. The first kappa shape index (κ1) is 72.8. The molecule has 101 heavy (non-hydrogen) atoms. The first-order chi connectivity index (χ1) is 48.3. The van der Waals surface area contributed by atoms with Crippen LogP contribution in [0.4, 0.5) is 37.9 Å². The molecular weight excluding hydrogens is 1310 g/mol. The number of thiazole rings is 1. The van der Waals surface area contributed by atoms with Crippen LogP contribution in [0.25, 0.3) is 21.3 Å². The van der Waals surface area contributed by atoms with Gasteiger partial charge in [0.15, 0.2) is 22.5 Å². The van der Waals surface area contributed by atoms with Crippen LogP contribution in [0.2, 0.25) is 0 Å². The summed E-state index contributed by atoms with van der Waals surface area (Å²) >= 11 is 1.55. The van der Waals surface area contributed by atoms with E-state index in [9.17, 15) is 43.5 Å². The molecule has 0 saturated heterocycles. The summed E-state index contributed by atoms with van der Waals surface area (Å²) in [6.45, 7) is 15.3. The Hall–Kier alpha value is -9.41. The zero-order chi connectivity index (χ0) is 71.8. The van der Waals surface area contributed by atoms with E-state index in [1.165, 1.54) is 12.2 Å². The third-order valence-corrected chi connectivity index (χ3v) is 21.4. The monoisotopic (exact) mass is 1400 g/mol. The van der Waals surface area contributed by atoms with E-state index in [1.807, 2.05) is 55.1 Å². The molecule has 0 radical (unpaired) electrons. The fourth-order valence-electron chi connectivity index (χ4n) is 17.1. The molecule has 6 atom stereocenters. The van der Waals surface area contributed by atoms with Crippen molar-refractivity contribution in [2.75, 3.05) is 75.2 Å². The van der Waals surface area contributed by atoms with Gasteiger partial charge in [0.05, 0.1) is 36.2 Å². The summed E-state index contributed by atoms with van der Waals surface area (Å²) in [5.41, 5.74) is 11.5. The molecule has 8 amide bonds. The number of nitrogens with one attached hydrogen (secondary N) is 5. The molecule has 538 valence electrons. The molecule has 2 aliphatic heterocycles. The summed E-state index contributed by atoms with van der Waals surface area (Å²) < 4.78 is 20.0. The Labute approximate surface area is 591 Å². The van der Waals surface area contributed by atoms with Gasteiger partial charge in [0.25, 0.3) is 11.8 Å². The van der Waals surface area contributed by atoms with Gasteiger partial charge in [0, 0.05) is 98.6 Å². The van der Waals surface area contributed by atoms with E-state index >= 15 is 0 Å². The van der Waals surface area contributed by atoms with Gasteiger partial charge in [-0.1, -0.05) is 63.3 Å². The number of benzene rings is 2. The third-order valence-electron chi connectivity index (χ3n) is 20.4. The summed E-state index contributed by atoms with van der Waals surface area (Å²) in [6, 6.07) is 15.7. The zero-order valence-electron chi connectivity index (χ0n) is 58.7. The second-order valence-corrected chi connectivity index (χ2v) is 30.2. The van der Waals surface area contributed by atoms with Crippen LogP contribution in [-0.4, -0.2) is 164 Å². The highest BCUT2D eigenvalue weighted by molar-refractivity contribution is 7.22. The fraction of sp³-hybridized carbons (Fsp3) is 0.521. The number of rotatable bonds is 33. The first-order valence-corrected chi connectivity index (χ1v) is 35.7. The van der Waals surface area contributed by atoms with Gasteiger partial charge < -0.3 is 61.4 Å². The Morgan fingerprint density at radius 2 is 1.54 bits per heavy atom. The number of carboxylic acids is 1. The Morgan fingerprint density at radius 3 is 2.26 bits per heavy atom. The average Bonchev–Trinajstić information content (AvgIpc) is 0.800. The normalized spacial score (nSPS) is 21.0. The number of hydrogen-bond acceptors (Lipinski definition) is 19. The van der Waals surface area contributed by atoms with E-state index in [2.05, 4.69) is 50.2 Å². The van der Waals surface area contributed by atoms with E-state index in [0.29, 0.717) is 73.5 Å². The predicted molar refractivity (Wildman–Crippen MR) is 380 cm³/mol. The molecule has 2 unspecified atom stereocenters. The Morgan fingerprint density at radius 1 is 0.812 bits per heavy atom. The number of hydrogen-bond donors (Lipinski definition) is 7. The van der Waals surface area contributed by atoms with Crippen LogP contribution in [0.15, 0.2) is 79.0 Å². The number of primary amides is 1. The van der Waals surface area contributed by atoms with E-state index in [-0.39, 0.29) is 85.4 Å². The number of pyridine rings is 1. The minimum Gasteiger partial charge on any atom is -0.476 e. The van der Waals surface area contributed by atoms with E-state index < -0.39 is 59.7 Å². The van der Waals surface area contributed by atoms with Gasteiger partial charge in [-0.25, -0.2) is 24.4 Å². The number of urea groups is 1. The van der Waals surface area contributed by atoms with Crippen molar-refractivity contribution in [1.29, 1.82) is 0 Å². The lowest BCUT2D eigenvalue weighted by molar-refractivity contribution is -0.198. The molecule has 27 nitrogen and oxygen atoms in total. The van der Waals surface area contributed by atoms with Crippen LogP contribution < -0.4 is 37.2 Å². The van der Waals surface area contributed by atoms with Gasteiger partial charge in [-0.2, -0.15) is 5.10 Å². The van der Waals surface area contributed by atoms with Crippen LogP contribution in [-0.2, 0) is 57.8 Å². The van der Waals surface area contributed by atoms with E-state index in [4.69, 9.17) is 40.1 Å². The maximum absolute atomic E-state index is 14.1. The summed E-state index contributed by atoms with van der Waals surface area (Å²) in [5, 5.41) is 40.1. The van der Waals surface area contributed by atoms with Crippen LogP contribution in [0.5, 0.6) is 0 Å². The maximum Gasteiger partial charge on any atom is 0.410 e. The molecule has 4 aliphatic carbocycles. The highest BCUT2D eigenvalue weighted by Crippen LogP contribution is 2.75. The Kier molecular flexibility index (Phi) is 22.5. The number of nitrogens with zero attached hydrogens (tertiary/aromatic N) is 9. The third kappa shape index (κ3) is 17.3. The van der Waals surface area contributed by atoms with Crippen molar-refractivity contribution in [2.24, 2.45) is 33.3 Å². The van der Waals surface area contributed by atoms with Crippen molar-refractivity contribution >= 4 is 97.5 Å². The smallest absolute Gasteiger partial charge is 0.410 e. The van der Waals surface area contributed by atoms with Gasteiger partial charge in [-0.05, 0) is 167 Å². The predicted octanol–water partition coefficient (Wildman–Crippen LogP) is 9.65. The van der Waals surface area contributed by atoms with Crippen LogP contribution in [0, 0.1) is 41.4 Å². The molecule has 4 saturated carbocycles. The zero-order valence-corrected chi connectivity index (χ0v) is 59.5. The number of anilines is 5. The highest BCUT2D eigenvalue weighted by Gasteiger charge is 2.65. The van der Waals surface area contributed by atoms with Crippen molar-refractivity contribution in [3.8, 4) is 11.1 Å². The minimum absolute atomic E-state index is 0.0265. The first-order valence-electron chi connectivity index (χ1n) is 34.9. The number of fused-ring (bicyclic) bond motifs is 2. The number of carbonyl (C=O) groups excluding carboxylic acids is 7. The molecule has 28 heteroatoms. The van der Waals surface area contributed by atoms with Crippen molar-refractivity contribution in [3.05, 3.63) is 107 Å². The van der Waals surface area contributed by atoms with Gasteiger partial charge in [0.1, 0.15) is 24.5 Å². The number of aromatic nitrogens is 6. The molecule has 4 fully saturated rings. The number of para-hydroxylation sites is 1. The van der Waals surface area contributed by atoms with Crippen LogP contribution in [0.3, 0.4) is 0 Å². The number of carboxylic acid groups (broad SMARTS) is 1. The van der Waals surface area contributed by atoms with Gasteiger partial charge >= 0.3 is 18.1 Å². The summed E-state index contributed by atoms with van der Waals surface area (Å²) in [5.74, 6) is -2.24. The molecule has 2 aromatic carbocycles. The topological polar surface area (TPSA) is 350 Å². The molecule has 6 heterocycles. The molecule has 4 aromatic heterocycles. The Balaban J connectivity index is 0.694. The number of nitrogens with two attached hydrogens (primary N) is 1. The van der Waals surface area contributed by atoms with Crippen molar-refractivity contribution in [1.82, 2.24) is 55.7 Å². The molecule has 0 spiro atoms. The lowest BCUT2D eigenvalue weighted by Crippen LogP contribution is -2.60. The molecular formula is C73H93N15O12S. The Bertz CT molecular complexity index is 4050. The standard InChI is InChI=1S/C73H93N15O12S/c1-45(2)60(81-57(89)26-34-99-35-32-87-58(90)24-25-59(87)91)65(93)78-54(16-10-28-75-67(74)96)64(92)77-49-20-18-48(19-21-49)37-100-69(97)85(30-13-33-98-7)29-12-27-72-39-70(5)38-71(6,40-72)42-73(41-70,43-72)44-88-47(4)52(36-76-88)51-22-23-56(80-61(51)66(94)95)86-31-11-14-50-46(3)62(83-84-63(50)86)82-68-79-53-15-8-9-17-55(53)101-68/h8-9,15,17-25,36,45,54,60H,10-14,16,26-35,37-44H2,1-7H3,(H,77,92)(H,78,93)(H,81,89)(H,94,95)(H3,74,75,96)(H,79,82,83)/t54-,60-,70-,71+,72?,73?/m0/s1. The van der Waals surface area contributed by atoms with E-state index in [1.54, 1.807) is 67.7 Å². The SMILES string of the molecule is COCCCN(CCCC12CC3(Cn4ncc(-c5ccc(N6CCCc7c6nnc(Nc6nc8ccccc8s6)c7C)nc5C(=O)O)c4C)C[C@](C)(C1)C[C@](C)(C2)C3)C(=O)OCc1ccc(NC(=O)[C@H](CCCNC(N)=O)NC(=O)[C@@H](NC(=O)CCOCCN2C(=O)C=CC2=O)C(C)C)cc1. The molecule has 4 bridgehead atoms. The number of carbonyl (C=O) groups is 8. The number of amides is 8. The van der Waals surface area contributed by atoms with Crippen LogP contribution in [0.1, 0.15) is 144 Å². The van der Waals surface area contributed by atoms with E-state index in [0.717, 1.165) is 107 Å². The lowest BCUT2D eigenvalue weighted by Gasteiger charge is -2.70. The molecule has 12 rings (SSSR count). The summed E-state index contributed by atoms with van der Waals surface area (Å²) in [7, 11) is 1.64. The summed E-state index contributed by atoms with van der Waals surface area (Å²) in [4.78, 5) is 117. The number of aromatic carboxylic acids is 1. The van der Waals surface area contributed by atoms with Crippen molar-refractivity contribution < 1.29 is 57.7 Å². The van der Waals surface area contributed by atoms with Crippen molar-refractivity contribution in [2.45, 2.75) is 157 Å². The highest BCUT2D eigenvalue weighted by atomic mass is 32.1. The minimum atomic E-state index is -1.13. The molecule has 8 N–H and O–H groups in total.